The van der Waals surface area contributed by atoms with Gasteiger partial charge < -0.3 is 10.2 Å². The molecule has 0 radical (unpaired) electrons. The third kappa shape index (κ3) is 3.76. The maximum absolute atomic E-state index is 3.67. The van der Waals surface area contributed by atoms with Gasteiger partial charge >= 0.3 is 0 Å². The van der Waals surface area contributed by atoms with Crippen molar-refractivity contribution in [3.63, 3.8) is 0 Å². The van der Waals surface area contributed by atoms with E-state index in [1.165, 1.54) is 30.5 Å². The van der Waals surface area contributed by atoms with E-state index in [0.29, 0.717) is 18.0 Å². The highest BCUT2D eigenvalue weighted by Gasteiger charge is 2.26. The molecule has 2 rings (SSSR count). The SMILES string of the molecule is CCCCc1ccc(N2CC(C(C)C)NCC2C)cc1. The van der Waals surface area contributed by atoms with E-state index in [0.717, 1.165) is 13.1 Å². The van der Waals surface area contributed by atoms with E-state index in [4.69, 9.17) is 0 Å². The van der Waals surface area contributed by atoms with Crippen LogP contribution in [0.4, 0.5) is 5.69 Å². The fraction of sp³-hybridized carbons (Fsp3) is 0.667. The summed E-state index contributed by atoms with van der Waals surface area (Å²) in [6.45, 7) is 11.4. The molecule has 2 nitrogen and oxygen atoms in total. The van der Waals surface area contributed by atoms with E-state index >= 15 is 0 Å². The number of hydrogen-bond donors (Lipinski definition) is 1. The lowest BCUT2D eigenvalue weighted by atomic mass is 9.99. The van der Waals surface area contributed by atoms with Crippen LogP contribution in [0.5, 0.6) is 0 Å². The molecular weight excluding hydrogens is 244 g/mol. The molecule has 1 aromatic carbocycles. The van der Waals surface area contributed by atoms with E-state index in [1.807, 2.05) is 0 Å². The van der Waals surface area contributed by atoms with Gasteiger partial charge in [0.05, 0.1) is 0 Å². The molecule has 1 aliphatic rings. The molecule has 1 aliphatic heterocycles. The van der Waals surface area contributed by atoms with Crippen LogP contribution in [0.25, 0.3) is 0 Å². The Bertz CT molecular complexity index is 396. The van der Waals surface area contributed by atoms with Crippen LogP contribution in [0.1, 0.15) is 46.1 Å². The molecule has 0 saturated carbocycles. The number of rotatable bonds is 5. The summed E-state index contributed by atoms with van der Waals surface area (Å²) in [4.78, 5) is 2.56. The van der Waals surface area contributed by atoms with Gasteiger partial charge in [0.2, 0.25) is 0 Å². The Morgan fingerprint density at radius 3 is 2.55 bits per heavy atom. The molecule has 1 heterocycles. The molecule has 0 aliphatic carbocycles. The van der Waals surface area contributed by atoms with Crippen LogP contribution in [-0.4, -0.2) is 25.2 Å². The standard InChI is InChI=1S/C18H30N2/c1-5-6-7-16-8-10-17(11-9-16)20-13-18(14(2)3)19-12-15(20)4/h8-11,14-15,18-19H,5-7,12-13H2,1-4H3. The summed E-state index contributed by atoms with van der Waals surface area (Å²) < 4.78 is 0. The van der Waals surface area contributed by atoms with E-state index in [-0.39, 0.29) is 0 Å². The second kappa shape index (κ2) is 7.12. The monoisotopic (exact) mass is 274 g/mol. The van der Waals surface area contributed by atoms with Crippen molar-refractivity contribution in [2.75, 3.05) is 18.0 Å². The second-order valence-corrected chi connectivity index (χ2v) is 6.53. The summed E-state index contributed by atoms with van der Waals surface area (Å²) in [5, 5.41) is 3.67. The quantitative estimate of drug-likeness (QED) is 0.877. The maximum Gasteiger partial charge on any atom is 0.0387 e. The highest BCUT2D eigenvalue weighted by molar-refractivity contribution is 5.49. The van der Waals surface area contributed by atoms with Gasteiger partial charge in [-0.1, -0.05) is 39.3 Å². The third-order valence-corrected chi connectivity index (χ3v) is 4.49. The zero-order valence-corrected chi connectivity index (χ0v) is 13.5. The molecule has 0 aromatic heterocycles. The molecule has 20 heavy (non-hydrogen) atoms. The number of anilines is 1. The molecule has 1 saturated heterocycles. The number of benzene rings is 1. The van der Waals surface area contributed by atoms with Crippen LogP contribution in [0.15, 0.2) is 24.3 Å². The van der Waals surface area contributed by atoms with E-state index in [2.05, 4.69) is 62.2 Å². The van der Waals surface area contributed by atoms with Crippen molar-refractivity contribution >= 4 is 5.69 Å². The van der Waals surface area contributed by atoms with Crippen molar-refractivity contribution in [1.29, 1.82) is 0 Å². The Balaban J connectivity index is 2.05. The minimum Gasteiger partial charge on any atom is -0.366 e. The number of aryl methyl sites for hydroxylation is 1. The number of nitrogens with zero attached hydrogens (tertiary/aromatic N) is 1. The lowest BCUT2D eigenvalue weighted by molar-refractivity contribution is 0.337. The number of unbranched alkanes of at least 4 members (excludes halogenated alkanes) is 1. The Kier molecular flexibility index (Phi) is 5.47. The molecule has 1 aromatic rings. The molecule has 2 unspecified atom stereocenters. The third-order valence-electron chi connectivity index (χ3n) is 4.49. The Hall–Kier alpha value is -1.02. The molecule has 2 heteroatoms. The fourth-order valence-electron chi connectivity index (χ4n) is 2.93. The summed E-state index contributed by atoms with van der Waals surface area (Å²) in [6, 6.07) is 10.4. The smallest absolute Gasteiger partial charge is 0.0387 e. The van der Waals surface area contributed by atoms with Crippen molar-refractivity contribution < 1.29 is 0 Å². The van der Waals surface area contributed by atoms with Crippen molar-refractivity contribution in [3.8, 4) is 0 Å². The first-order valence-electron chi connectivity index (χ1n) is 8.20. The van der Waals surface area contributed by atoms with Crippen molar-refractivity contribution in [3.05, 3.63) is 29.8 Å². The van der Waals surface area contributed by atoms with Crippen molar-refractivity contribution in [1.82, 2.24) is 5.32 Å². The van der Waals surface area contributed by atoms with Crippen molar-refractivity contribution in [2.24, 2.45) is 5.92 Å². The molecule has 1 fully saturated rings. The lowest BCUT2D eigenvalue weighted by Gasteiger charge is -2.42. The van der Waals surface area contributed by atoms with Gasteiger partial charge in [-0.2, -0.15) is 0 Å². The summed E-state index contributed by atoms with van der Waals surface area (Å²) >= 11 is 0. The van der Waals surface area contributed by atoms with E-state index in [9.17, 15) is 0 Å². The van der Waals surface area contributed by atoms with Crippen molar-refractivity contribution in [2.45, 2.75) is 59.0 Å². The summed E-state index contributed by atoms with van der Waals surface area (Å²) in [7, 11) is 0. The maximum atomic E-state index is 3.67. The second-order valence-electron chi connectivity index (χ2n) is 6.53. The number of nitrogens with one attached hydrogen (secondary N) is 1. The molecule has 0 amide bonds. The largest absolute Gasteiger partial charge is 0.366 e. The van der Waals surface area contributed by atoms with E-state index < -0.39 is 0 Å². The zero-order chi connectivity index (χ0) is 14.5. The molecule has 2 atom stereocenters. The van der Waals surface area contributed by atoms with Gasteiger partial charge in [0.25, 0.3) is 0 Å². The summed E-state index contributed by atoms with van der Waals surface area (Å²) in [6.07, 6.45) is 3.77. The first-order chi connectivity index (χ1) is 9.61. The van der Waals surface area contributed by atoms with E-state index in [1.54, 1.807) is 0 Å². The number of hydrogen-bond acceptors (Lipinski definition) is 2. The first kappa shape index (κ1) is 15.4. The van der Waals surface area contributed by atoms with Crippen LogP contribution in [0.3, 0.4) is 0 Å². The predicted molar refractivity (Wildman–Crippen MR) is 88.5 cm³/mol. The molecule has 0 bridgehead atoms. The highest BCUT2D eigenvalue weighted by Crippen LogP contribution is 2.22. The van der Waals surface area contributed by atoms with Crippen LogP contribution < -0.4 is 10.2 Å². The zero-order valence-electron chi connectivity index (χ0n) is 13.5. The average molecular weight is 274 g/mol. The van der Waals surface area contributed by atoms with Gasteiger partial charge in [0.1, 0.15) is 0 Å². The molecule has 1 N–H and O–H groups in total. The van der Waals surface area contributed by atoms with Gasteiger partial charge in [0, 0.05) is 30.9 Å². The van der Waals surface area contributed by atoms with Crippen LogP contribution >= 0.6 is 0 Å². The Labute approximate surface area is 124 Å². The van der Waals surface area contributed by atoms with Crippen LogP contribution in [-0.2, 0) is 6.42 Å². The Morgan fingerprint density at radius 2 is 1.95 bits per heavy atom. The van der Waals surface area contributed by atoms with Gasteiger partial charge in [-0.15, -0.1) is 0 Å². The minimum absolute atomic E-state index is 0.575. The number of piperazine rings is 1. The first-order valence-corrected chi connectivity index (χ1v) is 8.20. The molecule has 0 spiro atoms. The average Bonchev–Trinajstić information content (AvgIpc) is 2.46. The topological polar surface area (TPSA) is 15.3 Å². The lowest BCUT2D eigenvalue weighted by Crippen LogP contribution is -2.57. The summed E-state index contributed by atoms with van der Waals surface area (Å²) in [5.74, 6) is 0.689. The predicted octanol–water partition coefficient (Wildman–Crippen LogP) is 3.85. The highest BCUT2D eigenvalue weighted by atomic mass is 15.2. The minimum atomic E-state index is 0.575. The van der Waals surface area contributed by atoms with Gasteiger partial charge in [0.15, 0.2) is 0 Å². The molecular formula is C18H30N2. The van der Waals surface area contributed by atoms with Gasteiger partial charge in [-0.05, 0) is 43.4 Å². The van der Waals surface area contributed by atoms with Gasteiger partial charge in [-0.25, -0.2) is 0 Å². The van der Waals surface area contributed by atoms with Crippen LogP contribution in [0.2, 0.25) is 0 Å². The summed E-state index contributed by atoms with van der Waals surface area (Å²) in [5.41, 5.74) is 2.85. The normalized spacial score (nSPS) is 23.4. The fourth-order valence-corrected chi connectivity index (χ4v) is 2.93. The van der Waals surface area contributed by atoms with Crippen LogP contribution in [0, 0.1) is 5.92 Å². The molecule has 112 valence electrons. The Morgan fingerprint density at radius 1 is 1.25 bits per heavy atom. The van der Waals surface area contributed by atoms with Gasteiger partial charge in [-0.3, -0.25) is 0 Å².